The Bertz CT molecular complexity index is 482. The molecule has 0 aliphatic heterocycles. The molecule has 2 heterocycles. The van der Waals surface area contributed by atoms with Crippen molar-refractivity contribution >= 4 is 11.8 Å². The van der Waals surface area contributed by atoms with Crippen LogP contribution in [-0.4, -0.2) is 21.2 Å². The highest BCUT2D eigenvalue weighted by Crippen LogP contribution is 2.12. The van der Waals surface area contributed by atoms with Crippen LogP contribution in [-0.2, 0) is 6.54 Å². The topological polar surface area (TPSA) is 88.2 Å². The molecular weight excluding hydrogens is 210 g/mol. The number of aromatic nitrogens is 2. The highest BCUT2D eigenvalue weighted by atomic mass is 16.5. The van der Waals surface area contributed by atoms with E-state index in [0.29, 0.717) is 18.1 Å². The van der Waals surface area contributed by atoms with Crippen molar-refractivity contribution < 1.29 is 14.4 Å². The lowest BCUT2D eigenvalue weighted by Gasteiger charge is -2.05. The highest BCUT2D eigenvalue weighted by molar-refractivity contribution is 5.92. The maximum Gasteiger partial charge on any atom is 0.339 e. The Morgan fingerprint density at radius 1 is 1.50 bits per heavy atom. The zero-order valence-electron chi connectivity index (χ0n) is 8.25. The summed E-state index contributed by atoms with van der Waals surface area (Å²) in [5.41, 5.74) is 0.813. The van der Waals surface area contributed by atoms with Crippen LogP contribution in [0.25, 0.3) is 0 Å². The number of carboxylic acids is 1. The van der Waals surface area contributed by atoms with Crippen LogP contribution in [0.5, 0.6) is 0 Å². The Hall–Kier alpha value is -2.37. The molecule has 0 aromatic carbocycles. The highest BCUT2D eigenvalue weighted by Gasteiger charge is 2.10. The molecule has 0 spiro atoms. The third-order valence-corrected chi connectivity index (χ3v) is 1.97. The summed E-state index contributed by atoms with van der Waals surface area (Å²) in [5, 5.41) is 15.5. The van der Waals surface area contributed by atoms with Crippen LogP contribution in [0.1, 0.15) is 16.1 Å². The van der Waals surface area contributed by atoms with Gasteiger partial charge in [0.1, 0.15) is 23.3 Å². The number of rotatable bonds is 4. The molecule has 2 aromatic rings. The maximum absolute atomic E-state index is 10.9. The lowest BCUT2D eigenvalue weighted by molar-refractivity contribution is 0.0697. The van der Waals surface area contributed by atoms with Crippen LogP contribution in [0.15, 0.2) is 35.2 Å². The average Bonchev–Trinajstić information content (AvgIpc) is 2.79. The van der Waals surface area contributed by atoms with Gasteiger partial charge in [0.25, 0.3) is 0 Å². The van der Waals surface area contributed by atoms with E-state index in [1.165, 1.54) is 18.5 Å². The third kappa shape index (κ3) is 2.17. The van der Waals surface area contributed by atoms with Gasteiger partial charge in [-0.3, -0.25) is 0 Å². The second kappa shape index (κ2) is 4.43. The van der Waals surface area contributed by atoms with Crippen LogP contribution in [0.4, 0.5) is 5.82 Å². The molecule has 2 aromatic heterocycles. The van der Waals surface area contributed by atoms with Crippen molar-refractivity contribution in [3.8, 4) is 0 Å². The standard InChI is InChI=1S/C10H9N3O3/c14-10(15)8-2-1-4-11-9(8)12-6-7-3-5-16-13-7/h1-5H,6H2,(H,11,12)(H,14,15). The summed E-state index contributed by atoms with van der Waals surface area (Å²) >= 11 is 0. The van der Waals surface area contributed by atoms with Gasteiger partial charge in [0.2, 0.25) is 0 Å². The van der Waals surface area contributed by atoms with Crippen LogP contribution in [0, 0.1) is 0 Å². The Balaban J connectivity index is 2.12. The molecule has 6 heteroatoms. The molecular formula is C10H9N3O3. The van der Waals surface area contributed by atoms with E-state index in [0.717, 1.165) is 0 Å². The van der Waals surface area contributed by atoms with Gasteiger partial charge in [-0.2, -0.15) is 0 Å². The quantitative estimate of drug-likeness (QED) is 0.807. The van der Waals surface area contributed by atoms with E-state index in [4.69, 9.17) is 5.11 Å². The van der Waals surface area contributed by atoms with Crippen molar-refractivity contribution in [2.75, 3.05) is 5.32 Å². The Labute approximate surface area is 90.9 Å². The molecule has 0 aliphatic rings. The van der Waals surface area contributed by atoms with Crippen LogP contribution in [0.3, 0.4) is 0 Å². The number of aromatic carboxylic acids is 1. The van der Waals surface area contributed by atoms with Gasteiger partial charge in [0.15, 0.2) is 0 Å². The zero-order valence-corrected chi connectivity index (χ0v) is 8.25. The minimum absolute atomic E-state index is 0.131. The molecule has 0 bridgehead atoms. The lowest BCUT2D eigenvalue weighted by atomic mass is 10.2. The summed E-state index contributed by atoms with van der Waals surface area (Å²) in [6.07, 6.45) is 2.98. The van der Waals surface area contributed by atoms with E-state index in [9.17, 15) is 4.79 Å². The normalized spacial score (nSPS) is 10.0. The predicted octanol–water partition coefficient (Wildman–Crippen LogP) is 1.38. The SMILES string of the molecule is O=C(O)c1cccnc1NCc1ccon1. The average molecular weight is 219 g/mol. The van der Waals surface area contributed by atoms with Crippen molar-refractivity contribution in [3.63, 3.8) is 0 Å². The predicted molar refractivity (Wildman–Crippen MR) is 55.0 cm³/mol. The van der Waals surface area contributed by atoms with E-state index < -0.39 is 5.97 Å². The molecule has 0 atom stereocenters. The number of pyridine rings is 1. The van der Waals surface area contributed by atoms with Gasteiger partial charge in [-0.15, -0.1) is 0 Å². The Morgan fingerprint density at radius 3 is 3.06 bits per heavy atom. The molecule has 0 saturated heterocycles. The molecule has 2 N–H and O–H groups in total. The molecule has 0 fully saturated rings. The molecule has 16 heavy (non-hydrogen) atoms. The number of carbonyl (C=O) groups is 1. The summed E-state index contributed by atoms with van der Waals surface area (Å²) in [7, 11) is 0. The number of nitrogens with one attached hydrogen (secondary N) is 1. The lowest BCUT2D eigenvalue weighted by Crippen LogP contribution is -2.08. The molecule has 2 rings (SSSR count). The smallest absolute Gasteiger partial charge is 0.339 e. The first-order valence-corrected chi connectivity index (χ1v) is 4.59. The fraction of sp³-hybridized carbons (Fsp3) is 0.100. The Morgan fingerprint density at radius 2 is 2.38 bits per heavy atom. The molecule has 0 amide bonds. The van der Waals surface area contributed by atoms with Crippen molar-refractivity contribution in [2.24, 2.45) is 0 Å². The summed E-state index contributed by atoms with van der Waals surface area (Å²) in [5.74, 6) is -0.700. The summed E-state index contributed by atoms with van der Waals surface area (Å²) in [6, 6.07) is 4.75. The summed E-state index contributed by atoms with van der Waals surface area (Å²) in [4.78, 5) is 14.8. The van der Waals surface area contributed by atoms with E-state index in [1.54, 1.807) is 12.1 Å². The van der Waals surface area contributed by atoms with Gasteiger partial charge >= 0.3 is 5.97 Å². The number of carboxylic acid groups (broad SMARTS) is 1. The van der Waals surface area contributed by atoms with Gasteiger partial charge in [-0.25, -0.2) is 9.78 Å². The van der Waals surface area contributed by atoms with Crippen molar-refractivity contribution in [1.82, 2.24) is 10.1 Å². The Kier molecular flexibility index (Phi) is 2.81. The fourth-order valence-corrected chi connectivity index (χ4v) is 1.22. The van der Waals surface area contributed by atoms with Crippen LogP contribution < -0.4 is 5.32 Å². The van der Waals surface area contributed by atoms with Gasteiger partial charge in [-0.05, 0) is 12.1 Å². The monoisotopic (exact) mass is 219 g/mol. The van der Waals surface area contributed by atoms with E-state index >= 15 is 0 Å². The number of anilines is 1. The number of hydrogen-bond donors (Lipinski definition) is 2. The van der Waals surface area contributed by atoms with Crippen LogP contribution >= 0.6 is 0 Å². The zero-order chi connectivity index (χ0) is 11.4. The van der Waals surface area contributed by atoms with Crippen molar-refractivity contribution in [3.05, 3.63) is 41.9 Å². The molecule has 0 radical (unpaired) electrons. The van der Waals surface area contributed by atoms with E-state index in [1.807, 2.05) is 0 Å². The third-order valence-electron chi connectivity index (χ3n) is 1.97. The molecule has 0 saturated carbocycles. The van der Waals surface area contributed by atoms with E-state index in [-0.39, 0.29) is 5.56 Å². The minimum atomic E-state index is -1.02. The van der Waals surface area contributed by atoms with Crippen molar-refractivity contribution in [1.29, 1.82) is 0 Å². The van der Waals surface area contributed by atoms with Gasteiger partial charge < -0.3 is 14.9 Å². The second-order valence-electron chi connectivity index (χ2n) is 3.05. The molecule has 82 valence electrons. The van der Waals surface area contributed by atoms with Crippen molar-refractivity contribution in [2.45, 2.75) is 6.54 Å². The first kappa shape index (κ1) is 10.2. The summed E-state index contributed by atoms with van der Waals surface area (Å²) < 4.78 is 4.65. The molecule has 6 nitrogen and oxygen atoms in total. The van der Waals surface area contributed by atoms with Gasteiger partial charge in [0.05, 0.1) is 6.54 Å². The molecule has 0 unspecified atom stereocenters. The first-order chi connectivity index (χ1) is 7.77. The maximum atomic E-state index is 10.9. The number of hydrogen-bond acceptors (Lipinski definition) is 5. The fourth-order valence-electron chi connectivity index (χ4n) is 1.22. The van der Waals surface area contributed by atoms with Gasteiger partial charge in [0, 0.05) is 12.3 Å². The van der Waals surface area contributed by atoms with Gasteiger partial charge in [-0.1, -0.05) is 5.16 Å². The number of nitrogens with zero attached hydrogens (tertiary/aromatic N) is 2. The second-order valence-corrected chi connectivity index (χ2v) is 3.05. The van der Waals surface area contributed by atoms with Crippen LogP contribution in [0.2, 0.25) is 0 Å². The first-order valence-electron chi connectivity index (χ1n) is 4.59. The summed E-state index contributed by atoms with van der Waals surface area (Å²) in [6.45, 7) is 0.369. The minimum Gasteiger partial charge on any atom is -0.478 e. The van der Waals surface area contributed by atoms with E-state index in [2.05, 4.69) is 20.0 Å². The largest absolute Gasteiger partial charge is 0.478 e. The molecule has 0 aliphatic carbocycles.